The number of allylic oxidation sites excluding steroid dienone is 12. The number of aliphatic carboxylic acids is 1. The Labute approximate surface area is 338 Å². The van der Waals surface area contributed by atoms with Crippen LogP contribution in [0.4, 0.5) is 5.69 Å². The molecule has 3 N–H and O–H groups in total. The maximum Gasteiger partial charge on any atom is 0.303 e. The monoisotopic (exact) mass is 826 g/mol. The summed E-state index contributed by atoms with van der Waals surface area (Å²) in [4.78, 5) is 15.8. The average Bonchev–Trinajstić information content (AvgIpc) is 3.35. The van der Waals surface area contributed by atoms with Crippen molar-refractivity contribution in [2.75, 3.05) is 57.7 Å². The number of anilines is 1. The smallest absolute Gasteiger partial charge is 0.303 e. The first-order chi connectivity index (χ1) is 26.8. The predicted octanol–water partition coefficient (Wildman–Crippen LogP) is 7.07. The molecule has 1 aromatic rings. The fourth-order valence-electron chi connectivity index (χ4n) is 7.08. The number of rotatable bonds is 20. The van der Waals surface area contributed by atoms with Gasteiger partial charge >= 0.3 is 5.97 Å². The molecule has 0 saturated heterocycles. The van der Waals surface area contributed by atoms with Gasteiger partial charge in [-0.05, 0) is 85.7 Å². The minimum absolute atomic E-state index is 0.0659. The molecule has 0 amide bonds. The van der Waals surface area contributed by atoms with Gasteiger partial charge in [0.05, 0.1) is 23.9 Å². The second kappa shape index (κ2) is 19.5. The van der Waals surface area contributed by atoms with Crippen molar-refractivity contribution in [3.05, 3.63) is 119 Å². The summed E-state index contributed by atoms with van der Waals surface area (Å²) in [5.41, 5.74) is 4.32. The number of fused-ring (bicyclic) bond motifs is 2. The van der Waals surface area contributed by atoms with E-state index in [1.807, 2.05) is 48.3 Å². The Balaban J connectivity index is 1.64. The van der Waals surface area contributed by atoms with Gasteiger partial charge in [0, 0.05) is 73.8 Å². The molecule has 0 fully saturated rings. The Morgan fingerprint density at radius 3 is 2.30 bits per heavy atom. The molecule has 0 radical (unpaired) electrons. The Morgan fingerprint density at radius 2 is 1.68 bits per heavy atom. The minimum Gasteiger partial charge on any atom is -0.485 e. The number of nitrogens with zero attached hydrogens (tertiary/aromatic N) is 2. The zero-order valence-corrected chi connectivity index (χ0v) is 35.5. The molecule has 57 heavy (non-hydrogen) atoms. The van der Waals surface area contributed by atoms with Gasteiger partial charge in [0.1, 0.15) is 21.7 Å². The van der Waals surface area contributed by atoms with E-state index in [9.17, 15) is 31.6 Å². The number of methoxy groups -OCH3 is 2. The fourth-order valence-corrected chi connectivity index (χ4v) is 8.15. The van der Waals surface area contributed by atoms with E-state index in [0.29, 0.717) is 37.3 Å². The van der Waals surface area contributed by atoms with Gasteiger partial charge in [-0.15, -0.1) is 0 Å². The summed E-state index contributed by atoms with van der Waals surface area (Å²) in [6.45, 7) is 11.2. The highest BCUT2D eigenvalue weighted by Crippen LogP contribution is 2.51. The van der Waals surface area contributed by atoms with Crippen molar-refractivity contribution in [2.45, 2.75) is 69.8 Å². The van der Waals surface area contributed by atoms with Gasteiger partial charge in [-0.2, -0.15) is 8.42 Å². The van der Waals surface area contributed by atoms with Gasteiger partial charge in [0.15, 0.2) is 0 Å². The molecule has 0 bridgehead atoms. The molecule has 14 heteroatoms. The van der Waals surface area contributed by atoms with E-state index in [2.05, 4.69) is 61.9 Å². The second-order valence-electron chi connectivity index (χ2n) is 15.5. The summed E-state index contributed by atoms with van der Waals surface area (Å²) in [6, 6.07) is 4.85. The number of benzene rings is 1. The van der Waals surface area contributed by atoms with Crippen molar-refractivity contribution in [3.8, 4) is 0 Å². The van der Waals surface area contributed by atoms with Crippen LogP contribution in [-0.2, 0) is 44.3 Å². The molecule has 0 spiro atoms. The first-order valence-electron chi connectivity index (χ1n) is 18.9. The van der Waals surface area contributed by atoms with E-state index in [4.69, 9.17) is 14.2 Å². The largest absolute Gasteiger partial charge is 0.485 e. The third-order valence-corrected chi connectivity index (χ3v) is 11.9. The van der Waals surface area contributed by atoms with E-state index >= 15 is 0 Å². The second-order valence-corrected chi connectivity index (χ2v) is 18.8. The lowest BCUT2D eigenvalue weighted by Gasteiger charge is -2.35. The molecule has 12 nitrogen and oxygen atoms in total. The zero-order chi connectivity index (χ0) is 42.0. The van der Waals surface area contributed by atoms with Crippen LogP contribution in [0.1, 0.15) is 58.9 Å². The lowest BCUT2D eigenvalue weighted by atomic mass is 9.77. The normalized spacial score (nSPS) is 21.6. The van der Waals surface area contributed by atoms with Crippen molar-refractivity contribution >= 4 is 37.4 Å². The van der Waals surface area contributed by atoms with Crippen LogP contribution in [0.15, 0.2) is 118 Å². The first kappa shape index (κ1) is 45.5. The number of hydrogen-bond acceptors (Lipinski definition) is 9. The van der Waals surface area contributed by atoms with E-state index in [0.717, 1.165) is 41.4 Å². The Kier molecular flexibility index (Phi) is 15.6. The highest BCUT2D eigenvalue weighted by atomic mass is 32.2. The molecule has 4 rings (SSSR count). The van der Waals surface area contributed by atoms with Crippen LogP contribution in [0.25, 0.3) is 0 Å². The van der Waals surface area contributed by atoms with Gasteiger partial charge in [-0.3, -0.25) is 9.35 Å². The van der Waals surface area contributed by atoms with Gasteiger partial charge in [-0.25, -0.2) is 4.21 Å². The van der Waals surface area contributed by atoms with E-state index < -0.39 is 37.1 Å². The summed E-state index contributed by atoms with van der Waals surface area (Å²) in [6.07, 6.45) is 22.4. The Hall–Kier alpha value is -4.18. The summed E-state index contributed by atoms with van der Waals surface area (Å²) in [5.74, 6) is 2.92. The van der Waals surface area contributed by atoms with Crippen molar-refractivity contribution in [3.63, 3.8) is 0 Å². The van der Waals surface area contributed by atoms with Crippen molar-refractivity contribution in [2.24, 2.45) is 5.41 Å². The summed E-state index contributed by atoms with van der Waals surface area (Å²) in [7, 11) is -4.38. The average molecular weight is 827 g/mol. The van der Waals surface area contributed by atoms with Crippen LogP contribution in [0, 0.1) is 5.41 Å². The molecule has 1 aliphatic carbocycles. The van der Waals surface area contributed by atoms with Gasteiger partial charge in [0.2, 0.25) is 0 Å². The molecule has 2 aliphatic heterocycles. The summed E-state index contributed by atoms with van der Waals surface area (Å²) < 4.78 is 72.7. The van der Waals surface area contributed by atoms with Crippen LogP contribution in [0.2, 0.25) is 0 Å². The predicted molar refractivity (Wildman–Crippen MR) is 227 cm³/mol. The fraction of sp³-hybridized carbons (Fsp3) is 0.442. The number of carbonyl (C=O) groups is 1. The molecule has 2 heterocycles. The number of hydrogen-bond donors (Lipinski definition) is 3. The molecule has 3 atom stereocenters. The molecule has 1 aromatic carbocycles. The molecule has 3 aliphatic rings. The zero-order valence-electron chi connectivity index (χ0n) is 33.8. The van der Waals surface area contributed by atoms with E-state index in [1.54, 1.807) is 26.4 Å². The van der Waals surface area contributed by atoms with Gasteiger partial charge < -0.3 is 33.7 Å². The third-order valence-electron chi connectivity index (χ3n) is 10.1. The van der Waals surface area contributed by atoms with Crippen molar-refractivity contribution in [1.29, 1.82) is 0 Å². The van der Waals surface area contributed by atoms with Gasteiger partial charge in [-0.1, -0.05) is 63.3 Å². The van der Waals surface area contributed by atoms with Gasteiger partial charge in [0.25, 0.3) is 10.1 Å². The quantitative estimate of drug-likeness (QED) is 0.0698. The number of carboxylic acids is 1. The molecule has 0 aromatic heterocycles. The minimum atomic E-state index is -4.21. The topological polar surface area (TPSA) is 163 Å². The van der Waals surface area contributed by atoms with Crippen molar-refractivity contribution in [1.82, 2.24) is 4.90 Å². The van der Waals surface area contributed by atoms with Crippen LogP contribution in [-0.4, -0.2) is 103 Å². The standard InChI is InChI=1S/C43H58N2O10S2/c1-42(2,3)40-29-32(35-20-18-33(30-38(35)55-40)44(24-26-53-5)25-27-54-6)15-11-9-8-10-12-16-39-43(4,22-13-17-41(46)47)36-31-34(56(7,48)49)19-21-37(36)45(39)23-14-28-57(50,51)52/h8-12,15-16,18-21,29-31,38H,7,13-14,17,22-28H2,1-6H3,(H,46,47)(H,48,49)(H,50,51,52)/b9-8+,12-10+,15-11+,39-16-. The van der Waals surface area contributed by atoms with Crippen LogP contribution >= 0.6 is 0 Å². The van der Waals surface area contributed by atoms with Crippen molar-refractivity contribution < 1.29 is 45.8 Å². The third kappa shape index (κ3) is 12.4. The Bertz CT molecular complexity index is 2090. The lowest BCUT2D eigenvalue weighted by Crippen LogP contribution is -2.33. The maximum absolute atomic E-state index is 12.6. The molecular formula is C43H58N2O10S2. The van der Waals surface area contributed by atoms with E-state index in [-0.39, 0.29) is 35.8 Å². The van der Waals surface area contributed by atoms with Crippen LogP contribution in [0.3, 0.4) is 0 Å². The highest BCUT2D eigenvalue weighted by molar-refractivity contribution is 7.95. The lowest BCUT2D eigenvalue weighted by molar-refractivity contribution is -0.137. The van der Waals surface area contributed by atoms with Crippen LogP contribution in [0.5, 0.6) is 0 Å². The first-order valence-corrected chi connectivity index (χ1v) is 22.2. The maximum atomic E-state index is 12.6. The van der Waals surface area contributed by atoms with E-state index in [1.165, 1.54) is 6.07 Å². The highest BCUT2D eigenvalue weighted by Gasteiger charge is 2.43. The summed E-state index contributed by atoms with van der Waals surface area (Å²) >= 11 is 0. The SMILES string of the molecule is C=S(=O)(O)c1ccc2c(c1)C(C)(CCCC(=O)O)/C(=C/C=C/C=C/C=C/C1=C3C=CC(N(CCOC)CCOC)=CC3OC(C(C)(C)C)=C1)N2CCCS(=O)(=O)O. The molecule has 312 valence electrons. The summed E-state index contributed by atoms with van der Waals surface area (Å²) in [5, 5.41) is 9.41. The molecular weight excluding hydrogens is 769 g/mol. The molecule has 0 saturated carbocycles. The Morgan fingerprint density at radius 1 is 1.02 bits per heavy atom. The number of carboxylic acid groups (broad SMARTS) is 1. The van der Waals surface area contributed by atoms with Crippen LogP contribution < -0.4 is 4.90 Å². The number of ether oxygens (including phenoxy) is 3. The molecule has 3 unspecified atom stereocenters.